The summed E-state index contributed by atoms with van der Waals surface area (Å²) < 4.78 is 67.9. The number of nitriles is 1. The summed E-state index contributed by atoms with van der Waals surface area (Å²) in [4.78, 5) is 19.1. The molecule has 2 aliphatic rings. The van der Waals surface area contributed by atoms with Crippen LogP contribution in [0.25, 0.3) is 10.9 Å². The predicted molar refractivity (Wildman–Crippen MR) is 109 cm³/mol. The second kappa shape index (κ2) is 8.41. The van der Waals surface area contributed by atoms with E-state index >= 15 is 0 Å². The van der Waals surface area contributed by atoms with E-state index in [4.69, 9.17) is 0 Å². The van der Waals surface area contributed by atoms with Gasteiger partial charge in [-0.1, -0.05) is 0 Å². The fourth-order valence-corrected chi connectivity index (χ4v) is 4.32. The van der Waals surface area contributed by atoms with E-state index in [1.54, 1.807) is 18.2 Å². The molecule has 1 aromatic carbocycles. The molecule has 0 radical (unpaired) electrons. The predicted octanol–water partition coefficient (Wildman–Crippen LogP) is 3.81. The number of nitrogens with zero attached hydrogens (tertiary/aromatic N) is 4. The topological polar surface area (TPSA) is 72.3 Å². The van der Waals surface area contributed by atoms with Crippen molar-refractivity contribution in [1.29, 1.82) is 5.26 Å². The highest BCUT2D eigenvalue weighted by atomic mass is 19.4. The Morgan fingerprint density at radius 1 is 1.16 bits per heavy atom. The maximum atomic E-state index is 13.7. The summed E-state index contributed by atoms with van der Waals surface area (Å²) >= 11 is 0. The molecule has 2 fully saturated rings. The highest BCUT2D eigenvalue weighted by molar-refractivity contribution is 5.95. The van der Waals surface area contributed by atoms with Crippen LogP contribution in [-0.4, -0.2) is 66.7 Å². The third-order valence-electron chi connectivity index (χ3n) is 5.92. The number of urea groups is 1. The quantitative estimate of drug-likeness (QED) is 0.700. The highest BCUT2D eigenvalue weighted by Crippen LogP contribution is 2.37. The Kier molecular flexibility index (Phi) is 5.79. The average Bonchev–Trinajstić information content (AvgIpc) is 3.10. The van der Waals surface area contributed by atoms with Crippen LogP contribution in [0.3, 0.4) is 0 Å². The normalized spacial score (nSPS) is 26.2. The minimum Gasteiger partial charge on any atom is -0.368 e. The summed E-state index contributed by atoms with van der Waals surface area (Å²) in [6.07, 6.45) is -6.95. The van der Waals surface area contributed by atoms with Gasteiger partial charge in [0.25, 0.3) is 0 Å². The molecule has 2 aliphatic heterocycles. The maximum absolute atomic E-state index is 13.7. The fraction of sp³-hybridized carbons (Fsp3) is 0.476. The molecule has 0 saturated carbocycles. The number of carbonyl (C=O) groups is 1. The Labute approximate surface area is 182 Å². The first-order valence-corrected chi connectivity index (χ1v) is 10.1. The monoisotopic (exact) mass is 455 g/mol. The Balaban J connectivity index is 0.00000306. The van der Waals surface area contributed by atoms with Gasteiger partial charge in [0.05, 0.1) is 30.1 Å². The van der Waals surface area contributed by atoms with Crippen LogP contribution >= 0.6 is 0 Å². The minimum atomic E-state index is -4.50. The summed E-state index contributed by atoms with van der Waals surface area (Å²) in [5, 5.41) is 12.4. The van der Waals surface area contributed by atoms with Crippen molar-refractivity contribution in [2.24, 2.45) is 5.92 Å². The van der Waals surface area contributed by atoms with E-state index in [0.717, 1.165) is 4.90 Å². The zero-order chi connectivity index (χ0) is 23.0. The molecule has 0 aliphatic carbocycles. The Morgan fingerprint density at radius 3 is 2.53 bits per heavy atom. The van der Waals surface area contributed by atoms with Crippen molar-refractivity contribution in [2.45, 2.75) is 31.0 Å². The summed E-state index contributed by atoms with van der Waals surface area (Å²) in [7, 11) is 0. The minimum absolute atomic E-state index is 0. The van der Waals surface area contributed by atoms with Gasteiger partial charge in [-0.15, -0.1) is 0 Å². The van der Waals surface area contributed by atoms with Crippen molar-refractivity contribution < 1.29 is 28.2 Å². The zero-order valence-corrected chi connectivity index (χ0v) is 16.8. The largest absolute Gasteiger partial charge is 0.393 e. The van der Waals surface area contributed by atoms with Crippen LogP contribution in [0.2, 0.25) is 0 Å². The molecule has 2 saturated heterocycles. The van der Waals surface area contributed by atoms with Gasteiger partial charge < -0.3 is 15.1 Å². The van der Waals surface area contributed by atoms with Crippen LogP contribution in [-0.2, 0) is 0 Å². The number of halogens is 5. The number of carbonyl (C=O) groups excluding carboxylic acids is 1. The molecule has 1 N–H and O–H groups in total. The number of anilines is 1. The number of hydrogen-bond acceptors (Lipinski definition) is 4. The number of rotatable bonds is 2. The smallest absolute Gasteiger partial charge is 0.368 e. The van der Waals surface area contributed by atoms with Gasteiger partial charge in [0, 0.05) is 37.8 Å². The van der Waals surface area contributed by atoms with E-state index in [1.165, 1.54) is 17.2 Å². The molecule has 2 amide bonds. The van der Waals surface area contributed by atoms with Gasteiger partial charge in [-0.25, -0.2) is 13.6 Å². The zero-order valence-electron chi connectivity index (χ0n) is 16.8. The van der Waals surface area contributed by atoms with E-state index in [0.29, 0.717) is 22.2 Å². The molecular formula is C21H22F5N5O. The van der Waals surface area contributed by atoms with Gasteiger partial charge in [0.15, 0.2) is 12.3 Å². The first-order chi connectivity index (χ1) is 15.2. The third kappa shape index (κ3) is 4.26. The number of nitrogens with one attached hydrogen (secondary N) is 1. The number of benzene rings is 1. The summed E-state index contributed by atoms with van der Waals surface area (Å²) in [6.45, 7) is -1.12. The number of fused-ring (bicyclic) bond motifs is 1. The molecule has 0 unspecified atom stereocenters. The molecule has 32 heavy (non-hydrogen) atoms. The molecule has 3 heterocycles. The molecule has 0 spiro atoms. The Hall–Kier alpha value is -3.16. The lowest BCUT2D eigenvalue weighted by atomic mass is 9.92. The molecular weight excluding hydrogens is 433 g/mol. The maximum Gasteiger partial charge on any atom is 0.393 e. The van der Waals surface area contributed by atoms with E-state index < -0.39 is 49.6 Å². The number of likely N-dealkylation sites (tertiary alicyclic amines) is 1. The standard InChI is InChI=1S/C21H20F5N5O.H2/c22-16-10-31(11-17(16)23)20(32)29-14-6-13(21(24,25)26)8-30(9-14)18-4-3-12(7-27)19-15(18)2-1-5-28-19;/h1-5,13-14,16-17H,6,8-11H2,(H,29,32);1H/t13-,14+,16-,17+;/m0./s1. The number of amides is 2. The van der Waals surface area contributed by atoms with Crippen molar-refractivity contribution in [1.82, 2.24) is 15.2 Å². The summed E-state index contributed by atoms with van der Waals surface area (Å²) in [6, 6.07) is 6.73. The molecule has 4 rings (SSSR count). The van der Waals surface area contributed by atoms with Crippen LogP contribution in [0.5, 0.6) is 0 Å². The van der Waals surface area contributed by atoms with E-state index in [-0.39, 0.29) is 20.9 Å². The Morgan fingerprint density at radius 2 is 1.88 bits per heavy atom. The van der Waals surface area contributed by atoms with Gasteiger partial charge in [-0.3, -0.25) is 4.98 Å². The number of aromatic nitrogens is 1. The highest BCUT2D eigenvalue weighted by Gasteiger charge is 2.45. The van der Waals surface area contributed by atoms with Crippen molar-refractivity contribution in [2.75, 3.05) is 31.1 Å². The van der Waals surface area contributed by atoms with Gasteiger partial charge in [-0.2, -0.15) is 18.4 Å². The first kappa shape index (κ1) is 22.0. The van der Waals surface area contributed by atoms with Gasteiger partial charge in [0.1, 0.15) is 6.07 Å². The SMILES string of the molecule is N#Cc1ccc(N2C[C@H](NC(=O)N3C[C@@H](F)[C@@H](F)C3)C[C@H](C(F)(F)F)C2)c2cccnc12.[HH]. The molecule has 1 aromatic heterocycles. The van der Waals surface area contributed by atoms with Gasteiger partial charge >= 0.3 is 12.2 Å². The van der Waals surface area contributed by atoms with Crippen molar-refractivity contribution in [3.05, 3.63) is 36.0 Å². The number of piperidine rings is 1. The number of alkyl halides is 5. The first-order valence-electron chi connectivity index (χ1n) is 10.1. The summed E-state index contributed by atoms with van der Waals surface area (Å²) in [5.41, 5.74) is 1.14. The van der Waals surface area contributed by atoms with E-state index in [9.17, 15) is 32.0 Å². The van der Waals surface area contributed by atoms with Crippen LogP contribution < -0.4 is 10.2 Å². The molecule has 6 nitrogen and oxygen atoms in total. The van der Waals surface area contributed by atoms with Crippen LogP contribution in [0, 0.1) is 17.2 Å². The molecule has 172 valence electrons. The second-order valence-electron chi connectivity index (χ2n) is 8.11. The number of hydrogen-bond donors (Lipinski definition) is 1. The molecule has 11 heteroatoms. The van der Waals surface area contributed by atoms with Crippen molar-refractivity contribution in [3.63, 3.8) is 0 Å². The molecule has 4 atom stereocenters. The van der Waals surface area contributed by atoms with Gasteiger partial charge in [0.2, 0.25) is 0 Å². The molecule has 2 aromatic rings. The lowest BCUT2D eigenvalue weighted by molar-refractivity contribution is -0.177. The van der Waals surface area contributed by atoms with E-state index in [2.05, 4.69) is 10.3 Å². The second-order valence-corrected chi connectivity index (χ2v) is 8.11. The molecule has 0 bridgehead atoms. The van der Waals surface area contributed by atoms with Crippen LogP contribution in [0.1, 0.15) is 13.4 Å². The third-order valence-corrected chi connectivity index (χ3v) is 5.92. The van der Waals surface area contributed by atoms with Crippen LogP contribution in [0.15, 0.2) is 30.5 Å². The van der Waals surface area contributed by atoms with Crippen LogP contribution in [0.4, 0.5) is 32.4 Å². The Bertz CT molecular complexity index is 1050. The average molecular weight is 455 g/mol. The van der Waals surface area contributed by atoms with Gasteiger partial charge in [-0.05, 0) is 30.7 Å². The number of pyridine rings is 1. The lowest BCUT2D eigenvalue weighted by Gasteiger charge is -2.40. The van der Waals surface area contributed by atoms with E-state index in [1.807, 2.05) is 6.07 Å². The fourth-order valence-electron chi connectivity index (χ4n) is 4.32. The van der Waals surface area contributed by atoms with Crippen molar-refractivity contribution in [3.8, 4) is 6.07 Å². The van der Waals surface area contributed by atoms with Crippen molar-refractivity contribution >= 4 is 22.6 Å². The summed E-state index contributed by atoms with van der Waals surface area (Å²) in [5.74, 6) is -1.72. The lowest BCUT2D eigenvalue weighted by Crippen LogP contribution is -2.56.